The zero-order chi connectivity index (χ0) is 17.0. The summed E-state index contributed by atoms with van der Waals surface area (Å²) in [5, 5.41) is 22.3. The van der Waals surface area contributed by atoms with Crippen LogP contribution < -0.4 is 5.32 Å². The molecule has 1 aromatic carbocycles. The number of rotatable bonds is 6. The number of hydrogen-bond acceptors (Lipinski definition) is 5. The third kappa shape index (κ3) is 4.09. The van der Waals surface area contributed by atoms with Crippen LogP contribution in [-0.4, -0.2) is 43.2 Å². The first-order valence-electron chi connectivity index (χ1n) is 6.90. The first kappa shape index (κ1) is 16.5. The van der Waals surface area contributed by atoms with Crippen LogP contribution in [0.1, 0.15) is 24.4 Å². The van der Waals surface area contributed by atoms with Crippen LogP contribution in [0.2, 0.25) is 0 Å². The van der Waals surface area contributed by atoms with Gasteiger partial charge in [0.1, 0.15) is 23.7 Å². The summed E-state index contributed by atoms with van der Waals surface area (Å²) in [6, 6.07) is 3.87. The van der Waals surface area contributed by atoms with Crippen LogP contribution in [0, 0.1) is 12.7 Å². The predicted octanol–water partition coefficient (Wildman–Crippen LogP) is 0.494. The molecule has 23 heavy (non-hydrogen) atoms. The fourth-order valence-corrected chi connectivity index (χ4v) is 2.07. The molecule has 2 unspecified atom stereocenters. The standard InChI is InChI=1S/C14H16FN5O3/c1-8(14(22)23)16-13(21)12(20-9(2)17-18-19-20)7-10-4-3-5-11(15)6-10/h3-6,8,12H,7H2,1-2H3,(H,16,21)(H,22,23). The van der Waals surface area contributed by atoms with Gasteiger partial charge in [0.05, 0.1) is 0 Å². The zero-order valence-electron chi connectivity index (χ0n) is 12.6. The Morgan fingerprint density at radius 2 is 2.17 bits per heavy atom. The van der Waals surface area contributed by atoms with E-state index in [4.69, 9.17) is 5.11 Å². The van der Waals surface area contributed by atoms with Crippen LogP contribution >= 0.6 is 0 Å². The molecule has 0 radical (unpaired) electrons. The van der Waals surface area contributed by atoms with Gasteiger partial charge >= 0.3 is 5.97 Å². The van der Waals surface area contributed by atoms with Gasteiger partial charge in [0.25, 0.3) is 0 Å². The second kappa shape index (κ2) is 6.95. The number of aryl methyl sites for hydroxylation is 1. The lowest BCUT2D eigenvalue weighted by Gasteiger charge is -2.19. The Morgan fingerprint density at radius 3 is 2.74 bits per heavy atom. The third-order valence-corrected chi connectivity index (χ3v) is 3.30. The average Bonchev–Trinajstić information content (AvgIpc) is 2.90. The highest BCUT2D eigenvalue weighted by Crippen LogP contribution is 2.16. The van der Waals surface area contributed by atoms with Crippen LogP contribution in [0.5, 0.6) is 0 Å². The molecule has 2 atom stereocenters. The Kier molecular flexibility index (Phi) is 4.99. The SMILES string of the molecule is Cc1nnnn1C(Cc1cccc(F)c1)C(=O)NC(C)C(=O)O. The molecular formula is C14H16FN5O3. The molecule has 2 aromatic rings. The Hall–Kier alpha value is -2.84. The highest BCUT2D eigenvalue weighted by molar-refractivity contribution is 5.85. The van der Waals surface area contributed by atoms with Crippen LogP contribution in [0.3, 0.4) is 0 Å². The molecule has 122 valence electrons. The van der Waals surface area contributed by atoms with E-state index < -0.39 is 29.8 Å². The number of benzene rings is 1. The highest BCUT2D eigenvalue weighted by Gasteiger charge is 2.27. The molecule has 0 spiro atoms. The maximum atomic E-state index is 13.3. The number of carboxylic acid groups (broad SMARTS) is 1. The van der Waals surface area contributed by atoms with Gasteiger partial charge in [0.15, 0.2) is 0 Å². The number of carboxylic acids is 1. The van der Waals surface area contributed by atoms with Gasteiger partial charge in [-0.15, -0.1) is 5.10 Å². The molecule has 8 nitrogen and oxygen atoms in total. The number of aromatic nitrogens is 4. The molecule has 0 aliphatic carbocycles. The van der Waals surface area contributed by atoms with Crippen molar-refractivity contribution in [2.45, 2.75) is 32.4 Å². The topological polar surface area (TPSA) is 110 Å². The van der Waals surface area contributed by atoms with E-state index in [1.807, 2.05) is 0 Å². The minimum Gasteiger partial charge on any atom is -0.480 e. The first-order chi connectivity index (χ1) is 10.9. The molecule has 9 heteroatoms. The van der Waals surface area contributed by atoms with E-state index in [1.165, 1.54) is 29.8 Å². The molecule has 2 rings (SSSR count). The number of nitrogens with one attached hydrogen (secondary N) is 1. The van der Waals surface area contributed by atoms with Gasteiger partial charge in [-0.05, 0) is 42.0 Å². The normalized spacial score (nSPS) is 13.3. The minimum absolute atomic E-state index is 0.127. The molecule has 1 amide bonds. The van der Waals surface area contributed by atoms with E-state index in [9.17, 15) is 14.0 Å². The number of hydrogen-bond donors (Lipinski definition) is 2. The summed E-state index contributed by atoms with van der Waals surface area (Å²) < 4.78 is 14.6. The van der Waals surface area contributed by atoms with Gasteiger partial charge in [0.2, 0.25) is 5.91 Å². The van der Waals surface area contributed by atoms with E-state index in [-0.39, 0.29) is 6.42 Å². The van der Waals surface area contributed by atoms with Crippen molar-refractivity contribution in [2.75, 3.05) is 0 Å². The summed E-state index contributed by atoms with van der Waals surface area (Å²) in [6.07, 6.45) is 0.127. The van der Waals surface area contributed by atoms with Crippen molar-refractivity contribution >= 4 is 11.9 Å². The van der Waals surface area contributed by atoms with E-state index in [0.29, 0.717) is 11.4 Å². The monoisotopic (exact) mass is 321 g/mol. The van der Waals surface area contributed by atoms with Gasteiger partial charge in [-0.3, -0.25) is 9.59 Å². The van der Waals surface area contributed by atoms with E-state index in [1.54, 1.807) is 13.0 Å². The summed E-state index contributed by atoms with van der Waals surface area (Å²) in [4.78, 5) is 23.3. The number of carbonyl (C=O) groups excluding carboxylic acids is 1. The Balaban J connectivity index is 2.27. The second-order valence-corrected chi connectivity index (χ2v) is 5.09. The fraction of sp³-hybridized carbons (Fsp3) is 0.357. The number of carbonyl (C=O) groups is 2. The second-order valence-electron chi connectivity index (χ2n) is 5.09. The molecule has 0 aliphatic rings. The first-order valence-corrected chi connectivity index (χ1v) is 6.90. The van der Waals surface area contributed by atoms with Crippen molar-refractivity contribution in [3.63, 3.8) is 0 Å². The van der Waals surface area contributed by atoms with Crippen molar-refractivity contribution < 1.29 is 19.1 Å². The van der Waals surface area contributed by atoms with Gasteiger partial charge in [-0.2, -0.15) is 0 Å². The average molecular weight is 321 g/mol. The van der Waals surface area contributed by atoms with E-state index >= 15 is 0 Å². The van der Waals surface area contributed by atoms with Gasteiger partial charge in [-0.1, -0.05) is 12.1 Å². The smallest absolute Gasteiger partial charge is 0.325 e. The third-order valence-electron chi connectivity index (χ3n) is 3.30. The van der Waals surface area contributed by atoms with E-state index in [2.05, 4.69) is 20.8 Å². The maximum Gasteiger partial charge on any atom is 0.325 e. The Labute approximate surface area is 131 Å². The lowest BCUT2D eigenvalue weighted by atomic mass is 10.0. The zero-order valence-corrected chi connectivity index (χ0v) is 12.6. The number of amides is 1. The number of nitrogens with zero attached hydrogens (tertiary/aromatic N) is 4. The molecule has 0 aliphatic heterocycles. The largest absolute Gasteiger partial charge is 0.480 e. The fourth-order valence-electron chi connectivity index (χ4n) is 2.07. The Morgan fingerprint density at radius 1 is 1.43 bits per heavy atom. The maximum absolute atomic E-state index is 13.3. The molecule has 1 aromatic heterocycles. The van der Waals surface area contributed by atoms with E-state index in [0.717, 1.165) is 0 Å². The number of aliphatic carboxylic acids is 1. The molecule has 0 saturated carbocycles. The molecule has 1 heterocycles. The summed E-state index contributed by atoms with van der Waals surface area (Å²) in [6.45, 7) is 2.97. The lowest BCUT2D eigenvalue weighted by Crippen LogP contribution is -2.43. The lowest BCUT2D eigenvalue weighted by molar-refractivity contribution is -0.141. The molecular weight excluding hydrogens is 305 g/mol. The van der Waals surface area contributed by atoms with Crippen molar-refractivity contribution in [3.8, 4) is 0 Å². The molecule has 2 N–H and O–H groups in total. The summed E-state index contributed by atoms with van der Waals surface area (Å²) in [5.41, 5.74) is 0.572. The van der Waals surface area contributed by atoms with Crippen molar-refractivity contribution in [1.82, 2.24) is 25.5 Å². The van der Waals surface area contributed by atoms with Gasteiger partial charge in [0, 0.05) is 6.42 Å². The van der Waals surface area contributed by atoms with Crippen molar-refractivity contribution in [1.29, 1.82) is 0 Å². The summed E-state index contributed by atoms with van der Waals surface area (Å²) in [5.74, 6) is -1.74. The van der Waals surface area contributed by atoms with Crippen LogP contribution in [-0.2, 0) is 16.0 Å². The summed E-state index contributed by atoms with van der Waals surface area (Å²) >= 11 is 0. The number of tetrazole rings is 1. The number of halogens is 1. The molecule has 0 bridgehead atoms. The van der Waals surface area contributed by atoms with Gasteiger partial charge < -0.3 is 10.4 Å². The molecule has 0 saturated heterocycles. The quantitative estimate of drug-likeness (QED) is 0.801. The highest BCUT2D eigenvalue weighted by atomic mass is 19.1. The van der Waals surface area contributed by atoms with Crippen LogP contribution in [0.4, 0.5) is 4.39 Å². The molecule has 0 fully saturated rings. The van der Waals surface area contributed by atoms with Crippen LogP contribution in [0.15, 0.2) is 24.3 Å². The van der Waals surface area contributed by atoms with Crippen molar-refractivity contribution in [3.05, 3.63) is 41.5 Å². The van der Waals surface area contributed by atoms with Gasteiger partial charge in [-0.25, -0.2) is 9.07 Å². The summed E-state index contributed by atoms with van der Waals surface area (Å²) in [7, 11) is 0. The van der Waals surface area contributed by atoms with Crippen molar-refractivity contribution in [2.24, 2.45) is 0 Å². The Bertz CT molecular complexity index is 718. The van der Waals surface area contributed by atoms with Crippen LogP contribution in [0.25, 0.3) is 0 Å². The predicted molar refractivity (Wildman–Crippen MR) is 76.9 cm³/mol. The minimum atomic E-state index is -1.16.